The van der Waals surface area contributed by atoms with Gasteiger partial charge in [-0.3, -0.25) is 14.5 Å². The van der Waals surface area contributed by atoms with Crippen LogP contribution in [0.5, 0.6) is 0 Å². The molecular formula is C22H22ClN7O7S2. The van der Waals surface area contributed by atoms with E-state index in [1.54, 1.807) is 29.1 Å². The first-order valence-electron chi connectivity index (χ1n) is 11.2. The van der Waals surface area contributed by atoms with Crippen molar-refractivity contribution in [2.24, 2.45) is 5.16 Å². The Morgan fingerprint density at radius 2 is 2.03 bits per heavy atom. The van der Waals surface area contributed by atoms with E-state index in [0.29, 0.717) is 11.3 Å². The van der Waals surface area contributed by atoms with Crippen LogP contribution in [0.25, 0.3) is 0 Å². The normalized spacial score (nSPS) is 19.3. The van der Waals surface area contributed by atoms with E-state index in [-0.39, 0.29) is 33.2 Å². The second-order valence-electron chi connectivity index (χ2n) is 8.93. The molecule has 1 saturated heterocycles. The summed E-state index contributed by atoms with van der Waals surface area (Å²) in [6, 6.07) is 2.18. The number of amides is 2. The number of carboxylic acid groups (broad SMARTS) is 2. The summed E-state index contributed by atoms with van der Waals surface area (Å²) in [7, 11) is 0. The molecule has 206 valence electrons. The maximum Gasteiger partial charge on any atom is 0.350 e. The molecule has 4 heterocycles. The average molecular weight is 596 g/mol. The zero-order valence-corrected chi connectivity index (χ0v) is 22.8. The largest absolute Gasteiger partial charge is 0.543 e. The molecule has 2 aromatic rings. The van der Waals surface area contributed by atoms with E-state index in [1.807, 2.05) is 0 Å². The molecule has 0 aromatic carbocycles. The van der Waals surface area contributed by atoms with Crippen LogP contribution in [0.15, 0.2) is 41.0 Å². The fourth-order valence-electron chi connectivity index (χ4n) is 3.65. The number of nitrogens with zero attached hydrogens (tertiary/aromatic N) is 4. The van der Waals surface area contributed by atoms with E-state index in [2.05, 4.69) is 15.5 Å². The van der Waals surface area contributed by atoms with E-state index < -0.39 is 46.5 Å². The van der Waals surface area contributed by atoms with E-state index in [1.165, 1.54) is 25.6 Å². The minimum absolute atomic E-state index is 0.0111. The van der Waals surface area contributed by atoms with Crippen molar-refractivity contribution in [3.63, 3.8) is 0 Å². The minimum atomic E-state index is -1.81. The third-order valence-corrected chi connectivity index (χ3v) is 8.16. The highest BCUT2D eigenvalue weighted by molar-refractivity contribution is 8.00. The van der Waals surface area contributed by atoms with Crippen molar-refractivity contribution in [1.29, 1.82) is 0 Å². The molecule has 6 N–H and O–H groups in total. The van der Waals surface area contributed by atoms with Gasteiger partial charge in [0.2, 0.25) is 5.60 Å². The number of halogens is 1. The molecule has 0 radical (unpaired) electrons. The lowest BCUT2D eigenvalue weighted by atomic mass is 10.0. The van der Waals surface area contributed by atoms with Crippen LogP contribution in [0.3, 0.4) is 0 Å². The number of nitrogen functional groups attached to an aromatic ring is 2. The Labute approximate surface area is 234 Å². The van der Waals surface area contributed by atoms with Crippen LogP contribution < -0.4 is 26.5 Å². The molecule has 2 aliphatic rings. The summed E-state index contributed by atoms with van der Waals surface area (Å²) in [4.78, 5) is 59.8. The summed E-state index contributed by atoms with van der Waals surface area (Å²) >= 11 is 8.24. The maximum atomic E-state index is 13.2. The van der Waals surface area contributed by atoms with Gasteiger partial charge in [0.1, 0.15) is 21.4 Å². The number of aliphatic carboxylic acids is 2. The molecule has 2 aliphatic heterocycles. The molecule has 2 atom stereocenters. The van der Waals surface area contributed by atoms with Crippen molar-refractivity contribution >= 4 is 75.0 Å². The Morgan fingerprint density at radius 3 is 2.59 bits per heavy atom. The number of rotatable bonds is 9. The van der Waals surface area contributed by atoms with Gasteiger partial charge in [-0.2, -0.15) is 0 Å². The highest BCUT2D eigenvalue weighted by Crippen LogP contribution is 2.40. The van der Waals surface area contributed by atoms with Crippen LogP contribution in [-0.4, -0.2) is 67.2 Å². The summed E-state index contributed by atoms with van der Waals surface area (Å²) < 4.78 is 1.70. The van der Waals surface area contributed by atoms with Crippen molar-refractivity contribution in [3.05, 3.63) is 45.8 Å². The molecule has 0 saturated carbocycles. The third kappa shape index (κ3) is 5.62. The number of thioether (sulfide) groups is 1. The first kappa shape index (κ1) is 28.1. The average Bonchev–Trinajstić information content (AvgIpc) is 3.20. The molecule has 39 heavy (non-hydrogen) atoms. The zero-order valence-electron chi connectivity index (χ0n) is 20.4. The first-order chi connectivity index (χ1) is 18.3. The van der Waals surface area contributed by atoms with E-state index in [4.69, 9.17) is 27.9 Å². The van der Waals surface area contributed by atoms with Crippen LogP contribution in [0, 0.1) is 0 Å². The Kier molecular flexibility index (Phi) is 7.72. The number of anilines is 2. The molecule has 0 aliphatic carbocycles. The van der Waals surface area contributed by atoms with Gasteiger partial charge in [-0.25, -0.2) is 14.3 Å². The molecule has 0 bridgehead atoms. The Bertz CT molecular complexity index is 1420. The molecule has 17 heteroatoms. The van der Waals surface area contributed by atoms with Crippen LogP contribution >= 0.6 is 34.7 Å². The van der Waals surface area contributed by atoms with Gasteiger partial charge in [0.05, 0.1) is 11.7 Å². The molecule has 1 fully saturated rings. The van der Waals surface area contributed by atoms with E-state index in [9.17, 15) is 29.4 Å². The minimum Gasteiger partial charge on any atom is -0.543 e. The number of hydrogen-bond acceptors (Lipinski definition) is 12. The fourth-order valence-corrected chi connectivity index (χ4v) is 5.92. The number of hydrogen-bond donors (Lipinski definition) is 4. The number of carbonyl (C=O) groups is 4. The molecule has 2 aromatic heterocycles. The topological polar surface area (TPSA) is 217 Å². The highest BCUT2D eigenvalue weighted by atomic mass is 35.5. The second kappa shape index (κ2) is 10.7. The van der Waals surface area contributed by atoms with E-state index in [0.717, 1.165) is 16.2 Å². The number of nitrogens with one attached hydrogen (secondary N) is 1. The third-order valence-electron chi connectivity index (χ3n) is 5.74. The number of pyridine rings is 1. The van der Waals surface area contributed by atoms with Crippen LogP contribution in [0.4, 0.5) is 10.8 Å². The maximum absolute atomic E-state index is 13.2. The van der Waals surface area contributed by atoms with Gasteiger partial charge in [0.25, 0.3) is 11.8 Å². The number of carboxylic acids is 2. The van der Waals surface area contributed by atoms with Crippen LogP contribution in [-0.2, 0) is 30.6 Å². The summed E-state index contributed by atoms with van der Waals surface area (Å²) in [5, 5.41) is 26.8. The van der Waals surface area contributed by atoms with Crippen molar-refractivity contribution in [2.75, 3.05) is 17.2 Å². The van der Waals surface area contributed by atoms with Crippen molar-refractivity contribution in [1.82, 2.24) is 15.2 Å². The standard InChI is InChI=1S/C22H22ClN7O7S2/c1-22(2,20(35)36)37-28-12(11-15(23)39-21(25)27-11)16(31)26-13-17(32)30-14(19(33)34)9(8-38-18(13)30)7-29-5-3-10(24)4-6-29/h3-6,13,18,24H,7-8H2,1-2H3,(H5,25,26,27,31,33,34,35,36)/b28-12-. The number of aromatic nitrogens is 2. The fraction of sp³-hybridized carbons (Fsp3) is 0.318. The van der Waals surface area contributed by atoms with Gasteiger partial charge < -0.3 is 36.6 Å². The predicted octanol–water partition coefficient (Wildman–Crippen LogP) is -1.06. The summed E-state index contributed by atoms with van der Waals surface area (Å²) in [6.45, 7) is 2.61. The summed E-state index contributed by atoms with van der Waals surface area (Å²) in [6.07, 6.45) is 3.36. The van der Waals surface area contributed by atoms with Gasteiger partial charge in [-0.05, 0) is 13.8 Å². The molecule has 0 spiro atoms. The number of oxime groups is 1. The highest BCUT2D eigenvalue weighted by Gasteiger charge is 2.53. The monoisotopic (exact) mass is 595 g/mol. The molecule has 2 unspecified atom stereocenters. The molecular weight excluding hydrogens is 574 g/mol. The van der Waals surface area contributed by atoms with Gasteiger partial charge in [-0.1, -0.05) is 28.1 Å². The quantitative estimate of drug-likeness (QED) is 0.118. The first-order valence-corrected chi connectivity index (χ1v) is 13.4. The lowest BCUT2D eigenvalue weighted by molar-refractivity contribution is -0.689. The van der Waals surface area contributed by atoms with Gasteiger partial charge in [0.15, 0.2) is 29.8 Å². The van der Waals surface area contributed by atoms with Gasteiger partial charge in [0, 0.05) is 29.1 Å². The van der Waals surface area contributed by atoms with Crippen molar-refractivity contribution in [2.45, 2.75) is 37.4 Å². The van der Waals surface area contributed by atoms with Crippen molar-refractivity contribution in [3.8, 4) is 0 Å². The Balaban J connectivity index is 1.57. The van der Waals surface area contributed by atoms with E-state index >= 15 is 0 Å². The number of fused-ring (bicyclic) bond motifs is 1. The van der Waals surface area contributed by atoms with Crippen LogP contribution in [0.1, 0.15) is 19.5 Å². The summed E-state index contributed by atoms with van der Waals surface area (Å²) in [5.41, 5.74) is 9.60. The van der Waals surface area contributed by atoms with Crippen molar-refractivity contribution < 1.29 is 38.8 Å². The smallest absolute Gasteiger partial charge is 0.350 e. The molecule has 14 nitrogen and oxygen atoms in total. The second-order valence-corrected chi connectivity index (χ2v) is 11.7. The lowest BCUT2D eigenvalue weighted by Gasteiger charge is -2.50. The number of β-lactam (4-membered cyclic amide) rings is 1. The number of carbonyl (C=O) groups excluding carboxylic acids is 3. The summed E-state index contributed by atoms with van der Waals surface area (Å²) in [5.74, 6) is -4.28. The molecule has 2 amide bonds. The number of nitrogens with two attached hydrogens (primary N) is 2. The zero-order chi connectivity index (χ0) is 28.6. The number of thiazole rings is 1. The van der Waals surface area contributed by atoms with Gasteiger partial charge >= 0.3 is 5.97 Å². The Morgan fingerprint density at radius 1 is 1.36 bits per heavy atom. The predicted molar refractivity (Wildman–Crippen MR) is 139 cm³/mol. The van der Waals surface area contributed by atoms with Crippen LogP contribution in [0.2, 0.25) is 4.34 Å². The SMILES string of the molecule is CC(C)(O/N=C(\C(=O)NC1C(=O)N2C(C(=O)[O-])=C(C[n+]3ccc(N)cc3)CSC12)c1nc(N)sc1Cl)C(=O)O. The Hall–Kier alpha value is -3.89. The van der Waals surface area contributed by atoms with Gasteiger partial charge in [-0.15, -0.1) is 11.8 Å². The lowest BCUT2D eigenvalue weighted by Crippen LogP contribution is -2.71. The molecule has 4 rings (SSSR count).